The summed E-state index contributed by atoms with van der Waals surface area (Å²) in [5.41, 5.74) is -0.512. The van der Waals surface area contributed by atoms with E-state index in [-0.39, 0.29) is 18.0 Å². The molecule has 1 rings (SSSR count). The SMILES string of the molecule is CCCCCCCCC(CC)OC(=O)CCCCCCCN(CCCCCCCC(=O)OC(C)(C)C)CCCNc1c(NC)c(=O)c1=O. The Morgan fingerprint density at radius 1 is 0.667 bits per heavy atom. The summed E-state index contributed by atoms with van der Waals surface area (Å²) in [6.07, 6.45) is 22.0. The van der Waals surface area contributed by atoms with Gasteiger partial charge in [0.2, 0.25) is 0 Å². The van der Waals surface area contributed by atoms with Crippen LogP contribution < -0.4 is 21.5 Å². The fraction of sp³-hybridized carbons (Fsp3) is 0.846. The lowest BCUT2D eigenvalue weighted by atomic mass is 10.1. The summed E-state index contributed by atoms with van der Waals surface area (Å²) in [5, 5.41) is 5.96. The van der Waals surface area contributed by atoms with Crippen LogP contribution in [0.2, 0.25) is 0 Å². The van der Waals surface area contributed by atoms with Gasteiger partial charge in [-0.1, -0.05) is 84.5 Å². The number of hydrogen-bond acceptors (Lipinski definition) is 9. The highest BCUT2D eigenvalue weighted by molar-refractivity contribution is 5.73. The fourth-order valence-corrected chi connectivity index (χ4v) is 6.06. The van der Waals surface area contributed by atoms with E-state index in [0.717, 1.165) is 110 Å². The summed E-state index contributed by atoms with van der Waals surface area (Å²) in [6, 6.07) is 0. The van der Waals surface area contributed by atoms with E-state index >= 15 is 0 Å². The topological polar surface area (TPSA) is 114 Å². The third-order valence-electron chi connectivity index (χ3n) is 8.88. The van der Waals surface area contributed by atoms with Crippen molar-refractivity contribution in [2.24, 2.45) is 0 Å². The van der Waals surface area contributed by atoms with Crippen LogP contribution in [0.4, 0.5) is 11.4 Å². The lowest BCUT2D eigenvalue weighted by Crippen LogP contribution is -2.37. The van der Waals surface area contributed by atoms with Crippen LogP contribution in [0.1, 0.15) is 169 Å². The zero-order valence-electron chi connectivity index (χ0n) is 31.7. The molecule has 1 aromatic rings. The van der Waals surface area contributed by atoms with Crippen molar-refractivity contribution >= 4 is 23.3 Å². The highest BCUT2D eigenvalue weighted by Gasteiger charge is 2.19. The lowest BCUT2D eigenvalue weighted by Gasteiger charge is -2.23. The number of nitrogens with zero attached hydrogens (tertiary/aromatic N) is 1. The Hall–Kier alpha value is -2.42. The Bertz CT molecular complexity index is 1060. The number of unbranched alkanes of at least 4 members (excludes halogenated alkanes) is 13. The number of carbonyl (C=O) groups excluding carboxylic acids is 2. The maximum absolute atomic E-state index is 12.4. The highest BCUT2D eigenvalue weighted by atomic mass is 16.6. The summed E-state index contributed by atoms with van der Waals surface area (Å²) in [7, 11) is 1.66. The first-order valence-electron chi connectivity index (χ1n) is 19.4. The molecule has 1 aromatic carbocycles. The summed E-state index contributed by atoms with van der Waals surface area (Å²) in [4.78, 5) is 50.3. The number of anilines is 2. The van der Waals surface area contributed by atoms with Crippen molar-refractivity contribution in [1.29, 1.82) is 0 Å². The summed E-state index contributed by atoms with van der Waals surface area (Å²) in [5.74, 6) is -0.153. The van der Waals surface area contributed by atoms with Gasteiger partial charge < -0.3 is 25.0 Å². The molecule has 0 aliphatic carbocycles. The van der Waals surface area contributed by atoms with Gasteiger partial charge >= 0.3 is 11.9 Å². The molecule has 2 N–H and O–H groups in total. The second-order valence-electron chi connectivity index (χ2n) is 14.5. The van der Waals surface area contributed by atoms with Crippen molar-refractivity contribution in [2.45, 2.75) is 181 Å². The molecule has 0 heterocycles. The van der Waals surface area contributed by atoms with E-state index in [1.807, 2.05) is 20.8 Å². The largest absolute Gasteiger partial charge is 0.462 e. The first-order chi connectivity index (χ1) is 23.0. The van der Waals surface area contributed by atoms with E-state index in [1.165, 1.54) is 32.1 Å². The molecule has 0 radical (unpaired) electrons. The van der Waals surface area contributed by atoms with E-state index < -0.39 is 16.5 Å². The standard InChI is InChI=1S/C39H71N3O6/c1-7-9-10-11-14-19-25-32(8-2)47-33(43)26-20-15-12-17-22-29-42(31-24-28-41-36-35(40-6)37(45)38(36)46)30-23-18-13-16-21-27-34(44)48-39(3,4)5/h32,40-41H,7-31H2,1-6H3. The molecule has 1 atom stereocenters. The zero-order valence-corrected chi connectivity index (χ0v) is 31.7. The van der Waals surface area contributed by atoms with Gasteiger partial charge in [0, 0.05) is 26.4 Å². The van der Waals surface area contributed by atoms with Gasteiger partial charge in [0.05, 0.1) is 0 Å². The Morgan fingerprint density at radius 3 is 1.73 bits per heavy atom. The maximum atomic E-state index is 12.4. The number of ether oxygens (including phenoxy) is 2. The number of rotatable bonds is 31. The van der Waals surface area contributed by atoms with Crippen LogP contribution in [0, 0.1) is 0 Å². The number of hydrogen-bond donors (Lipinski definition) is 2. The normalized spacial score (nSPS) is 12.4. The molecule has 278 valence electrons. The van der Waals surface area contributed by atoms with E-state index in [2.05, 4.69) is 29.4 Å². The molecule has 0 aliphatic rings. The molecule has 9 nitrogen and oxygen atoms in total. The van der Waals surface area contributed by atoms with Crippen molar-refractivity contribution in [3.05, 3.63) is 20.4 Å². The molecule has 1 unspecified atom stereocenters. The van der Waals surface area contributed by atoms with Gasteiger partial charge in [-0.15, -0.1) is 0 Å². The predicted octanol–water partition coefficient (Wildman–Crippen LogP) is 8.52. The van der Waals surface area contributed by atoms with E-state index in [4.69, 9.17) is 9.47 Å². The number of esters is 2. The van der Waals surface area contributed by atoms with Gasteiger partial charge in [-0.2, -0.15) is 0 Å². The number of nitrogens with one attached hydrogen (secondary N) is 2. The van der Waals surface area contributed by atoms with Crippen molar-refractivity contribution in [1.82, 2.24) is 4.90 Å². The molecule has 0 bridgehead atoms. The van der Waals surface area contributed by atoms with Crippen LogP contribution in [-0.4, -0.2) is 61.8 Å². The van der Waals surface area contributed by atoms with Gasteiger partial charge in [-0.25, -0.2) is 0 Å². The Labute approximate surface area is 292 Å². The molecule has 0 aliphatic heterocycles. The third kappa shape index (κ3) is 20.8. The summed E-state index contributed by atoms with van der Waals surface area (Å²) >= 11 is 0. The molecule has 48 heavy (non-hydrogen) atoms. The molecule has 0 saturated carbocycles. The Balaban J connectivity index is 2.31. The van der Waals surface area contributed by atoms with Gasteiger partial charge in [0.15, 0.2) is 0 Å². The molecular weight excluding hydrogens is 606 g/mol. The van der Waals surface area contributed by atoms with E-state index in [9.17, 15) is 19.2 Å². The molecule has 0 aromatic heterocycles. The average molecular weight is 678 g/mol. The quantitative estimate of drug-likeness (QED) is 0.0453. The summed E-state index contributed by atoms with van der Waals surface area (Å²) < 4.78 is 11.2. The first-order valence-corrected chi connectivity index (χ1v) is 19.4. The van der Waals surface area contributed by atoms with Crippen LogP contribution in [0.25, 0.3) is 0 Å². The van der Waals surface area contributed by atoms with Gasteiger partial charge in [0.1, 0.15) is 23.1 Å². The van der Waals surface area contributed by atoms with Gasteiger partial charge in [-0.05, 0) is 91.8 Å². The molecular formula is C39H71N3O6. The molecule has 0 fully saturated rings. The zero-order chi connectivity index (χ0) is 35.6. The first kappa shape index (κ1) is 43.6. The maximum Gasteiger partial charge on any atom is 0.306 e. The average Bonchev–Trinajstić information content (AvgIpc) is 3.04. The fourth-order valence-electron chi connectivity index (χ4n) is 6.06. The van der Waals surface area contributed by atoms with Crippen LogP contribution in [-0.2, 0) is 19.1 Å². The van der Waals surface area contributed by atoms with E-state index in [1.54, 1.807) is 7.05 Å². The van der Waals surface area contributed by atoms with Crippen LogP contribution in [0.3, 0.4) is 0 Å². The molecule has 9 heteroatoms. The van der Waals surface area contributed by atoms with Crippen LogP contribution >= 0.6 is 0 Å². The minimum atomic E-state index is -0.446. The minimum absolute atomic E-state index is 0.0389. The molecule has 0 spiro atoms. The van der Waals surface area contributed by atoms with Crippen molar-refractivity contribution in [2.75, 3.05) is 43.9 Å². The summed E-state index contributed by atoms with van der Waals surface area (Å²) in [6.45, 7) is 13.7. The minimum Gasteiger partial charge on any atom is -0.462 e. The highest BCUT2D eigenvalue weighted by Crippen LogP contribution is 2.16. The Morgan fingerprint density at radius 2 is 1.17 bits per heavy atom. The monoisotopic (exact) mass is 678 g/mol. The second kappa shape index (κ2) is 26.4. The van der Waals surface area contributed by atoms with Crippen LogP contribution in [0.15, 0.2) is 9.59 Å². The van der Waals surface area contributed by atoms with E-state index in [0.29, 0.717) is 30.8 Å². The van der Waals surface area contributed by atoms with Crippen molar-refractivity contribution in [3.63, 3.8) is 0 Å². The second-order valence-corrected chi connectivity index (χ2v) is 14.5. The van der Waals surface area contributed by atoms with Crippen molar-refractivity contribution < 1.29 is 19.1 Å². The lowest BCUT2D eigenvalue weighted by molar-refractivity contribution is -0.155. The number of carbonyl (C=O) groups is 2. The smallest absolute Gasteiger partial charge is 0.306 e. The molecule has 0 saturated heterocycles. The third-order valence-corrected chi connectivity index (χ3v) is 8.88. The van der Waals surface area contributed by atoms with Gasteiger partial charge in [0.25, 0.3) is 10.9 Å². The Kier molecular flexibility index (Phi) is 24.0. The van der Waals surface area contributed by atoms with Gasteiger partial charge in [-0.3, -0.25) is 19.2 Å². The van der Waals surface area contributed by atoms with Crippen LogP contribution in [0.5, 0.6) is 0 Å². The predicted molar refractivity (Wildman–Crippen MR) is 200 cm³/mol. The van der Waals surface area contributed by atoms with Crippen molar-refractivity contribution in [3.8, 4) is 0 Å². The molecule has 0 amide bonds.